The highest BCUT2D eigenvalue weighted by molar-refractivity contribution is 7.19. The topological polar surface area (TPSA) is 45.9 Å². The van der Waals surface area contributed by atoms with Gasteiger partial charge in [-0.3, -0.25) is 0 Å². The molecular formula is C10H8N2OS. The Kier molecular flexibility index (Phi) is 2.10. The number of methoxy groups -OCH3 is 1. The third-order valence-electron chi connectivity index (χ3n) is 2.00. The molecule has 3 nitrogen and oxygen atoms in total. The number of fused-ring (bicyclic) bond motifs is 1. The zero-order chi connectivity index (χ0) is 10.1. The van der Waals surface area contributed by atoms with Gasteiger partial charge in [0.05, 0.1) is 17.3 Å². The molecule has 1 aromatic heterocycles. The Hall–Kier alpha value is -1.60. The van der Waals surface area contributed by atoms with Crippen LogP contribution in [0.25, 0.3) is 10.2 Å². The molecule has 0 bridgehead atoms. The van der Waals surface area contributed by atoms with Crippen molar-refractivity contribution in [3.05, 3.63) is 22.7 Å². The summed E-state index contributed by atoms with van der Waals surface area (Å²) in [6.07, 6.45) is 0. The minimum atomic E-state index is 0.493. The quantitative estimate of drug-likeness (QED) is 0.716. The zero-order valence-electron chi connectivity index (χ0n) is 7.87. The van der Waals surface area contributed by atoms with Crippen LogP contribution >= 0.6 is 11.3 Å². The molecule has 0 aliphatic carbocycles. The van der Waals surface area contributed by atoms with Gasteiger partial charge in [0, 0.05) is 6.07 Å². The average Bonchev–Trinajstić information content (AvgIpc) is 2.58. The standard InChI is InChI=1S/C10H8N2OS/c1-6-3-9-7(4-8(6)13-2)12-10(5-11)14-9/h3-4H,1-2H3. The van der Waals surface area contributed by atoms with Crippen molar-refractivity contribution >= 4 is 21.6 Å². The third-order valence-corrected chi connectivity index (χ3v) is 2.92. The predicted octanol–water partition coefficient (Wildman–Crippen LogP) is 2.49. The molecule has 0 saturated heterocycles. The average molecular weight is 204 g/mol. The normalized spacial score (nSPS) is 10.1. The van der Waals surface area contributed by atoms with E-state index in [1.54, 1.807) is 7.11 Å². The molecule has 0 atom stereocenters. The zero-order valence-corrected chi connectivity index (χ0v) is 8.68. The Balaban J connectivity index is 2.71. The minimum Gasteiger partial charge on any atom is -0.496 e. The molecule has 2 aromatic rings. The smallest absolute Gasteiger partial charge is 0.195 e. The van der Waals surface area contributed by atoms with Gasteiger partial charge in [-0.15, -0.1) is 11.3 Å². The van der Waals surface area contributed by atoms with Crippen molar-refractivity contribution in [1.29, 1.82) is 5.26 Å². The molecule has 1 aromatic carbocycles. The fourth-order valence-corrected chi connectivity index (χ4v) is 2.17. The van der Waals surface area contributed by atoms with Gasteiger partial charge in [0.25, 0.3) is 0 Å². The highest BCUT2D eigenvalue weighted by Gasteiger charge is 2.06. The molecule has 2 rings (SSSR count). The molecule has 0 fully saturated rings. The molecule has 1 heterocycles. The van der Waals surface area contributed by atoms with E-state index in [-0.39, 0.29) is 0 Å². The predicted molar refractivity (Wildman–Crippen MR) is 55.6 cm³/mol. The number of nitrogens with zero attached hydrogens (tertiary/aromatic N) is 2. The molecule has 0 amide bonds. The summed E-state index contributed by atoms with van der Waals surface area (Å²) < 4.78 is 6.21. The maximum atomic E-state index is 8.70. The van der Waals surface area contributed by atoms with Crippen LogP contribution in [0.3, 0.4) is 0 Å². The SMILES string of the molecule is COc1cc2nc(C#N)sc2cc1C. The van der Waals surface area contributed by atoms with Gasteiger partial charge in [-0.05, 0) is 18.6 Å². The van der Waals surface area contributed by atoms with Gasteiger partial charge in [-0.2, -0.15) is 5.26 Å². The number of nitriles is 1. The summed E-state index contributed by atoms with van der Waals surface area (Å²) in [6, 6.07) is 5.90. The van der Waals surface area contributed by atoms with Crippen LogP contribution in [-0.4, -0.2) is 12.1 Å². The molecule has 0 saturated carbocycles. The van der Waals surface area contributed by atoms with Gasteiger partial charge in [0.2, 0.25) is 0 Å². The van der Waals surface area contributed by atoms with Gasteiger partial charge in [-0.25, -0.2) is 4.98 Å². The second kappa shape index (κ2) is 3.28. The van der Waals surface area contributed by atoms with E-state index in [9.17, 15) is 0 Å². The Morgan fingerprint density at radius 3 is 2.93 bits per heavy atom. The number of hydrogen-bond acceptors (Lipinski definition) is 4. The van der Waals surface area contributed by atoms with Crippen molar-refractivity contribution in [3.8, 4) is 11.8 Å². The third kappa shape index (κ3) is 1.32. The van der Waals surface area contributed by atoms with Gasteiger partial charge in [0.1, 0.15) is 11.8 Å². The van der Waals surface area contributed by atoms with Crippen molar-refractivity contribution in [1.82, 2.24) is 4.98 Å². The van der Waals surface area contributed by atoms with Gasteiger partial charge < -0.3 is 4.74 Å². The van der Waals surface area contributed by atoms with E-state index in [0.29, 0.717) is 5.01 Å². The van der Waals surface area contributed by atoms with Crippen LogP contribution in [0.1, 0.15) is 10.6 Å². The van der Waals surface area contributed by atoms with Crippen molar-refractivity contribution in [2.24, 2.45) is 0 Å². The number of benzene rings is 1. The molecule has 0 unspecified atom stereocenters. The summed E-state index contributed by atoms with van der Waals surface area (Å²) in [5, 5.41) is 9.19. The summed E-state index contributed by atoms with van der Waals surface area (Å²) >= 11 is 1.40. The number of hydrogen-bond donors (Lipinski definition) is 0. The summed E-state index contributed by atoms with van der Waals surface area (Å²) in [7, 11) is 1.63. The van der Waals surface area contributed by atoms with E-state index in [1.165, 1.54) is 11.3 Å². The van der Waals surface area contributed by atoms with Crippen molar-refractivity contribution in [2.45, 2.75) is 6.92 Å². The van der Waals surface area contributed by atoms with Crippen molar-refractivity contribution in [3.63, 3.8) is 0 Å². The summed E-state index contributed by atoms with van der Waals surface area (Å²) in [5.74, 6) is 0.812. The van der Waals surface area contributed by atoms with Gasteiger partial charge >= 0.3 is 0 Å². The minimum absolute atomic E-state index is 0.493. The van der Waals surface area contributed by atoms with Crippen molar-refractivity contribution < 1.29 is 4.74 Å². The second-order valence-electron chi connectivity index (χ2n) is 2.92. The lowest BCUT2D eigenvalue weighted by atomic mass is 10.2. The van der Waals surface area contributed by atoms with Gasteiger partial charge in [0.15, 0.2) is 5.01 Å². The largest absolute Gasteiger partial charge is 0.496 e. The first-order valence-electron chi connectivity index (χ1n) is 4.10. The van der Waals surface area contributed by atoms with E-state index in [4.69, 9.17) is 10.00 Å². The van der Waals surface area contributed by atoms with Crippen molar-refractivity contribution in [2.75, 3.05) is 7.11 Å². The Morgan fingerprint density at radius 1 is 1.50 bits per heavy atom. The number of aromatic nitrogens is 1. The van der Waals surface area contributed by atoms with E-state index in [1.807, 2.05) is 25.1 Å². The number of aryl methyl sites for hydroxylation is 1. The fraction of sp³-hybridized carbons (Fsp3) is 0.200. The van der Waals surface area contributed by atoms with Gasteiger partial charge in [-0.1, -0.05) is 0 Å². The first-order chi connectivity index (χ1) is 6.74. The molecule has 70 valence electrons. The maximum absolute atomic E-state index is 8.70. The molecule has 0 radical (unpaired) electrons. The number of ether oxygens (including phenoxy) is 1. The summed E-state index contributed by atoms with van der Waals surface area (Å²) in [6.45, 7) is 1.98. The molecule has 14 heavy (non-hydrogen) atoms. The monoisotopic (exact) mass is 204 g/mol. The Bertz CT molecular complexity index is 525. The molecule has 0 aliphatic rings. The van der Waals surface area contributed by atoms with Crippen LogP contribution in [0, 0.1) is 18.3 Å². The van der Waals surface area contributed by atoms with Crippen LogP contribution in [0.15, 0.2) is 12.1 Å². The van der Waals surface area contributed by atoms with E-state index >= 15 is 0 Å². The molecule has 0 N–H and O–H groups in total. The first-order valence-corrected chi connectivity index (χ1v) is 4.91. The van der Waals surface area contributed by atoms with Crippen LogP contribution in [0.5, 0.6) is 5.75 Å². The Morgan fingerprint density at radius 2 is 2.29 bits per heavy atom. The van der Waals surface area contributed by atoms with Crippen LogP contribution in [0.2, 0.25) is 0 Å². The van der Waals surface area contributed by atoms with E-state index < -0.39 is 0 Å². The fourth-order valence-electron chi connectivity index (χ4n) is 1.32. The molecule has 4 heteroatoms. The Labute approximate surface area is 85.6 Å². The lowest BCUT2D eigenvalue weighted by Gasteiger charge is -2.02. The van der Waals surface area contributed by atoms with Crippen LogP contribution in [-0.2, 0) is 0 Å². The highest BCUT2D eigenvalue weighted by Crippen LogP contribution is 2.28. The molecular weight excluding hydrogens is 196 g/mol. The molecule has 0 aliphatic heterocycles. The van der Waals surface area contributed by atoms with E-state index in [0.717, 1.165) is 21.5 Å². The molecule has 0 spiro atoms. The number of thiazole rings is 1. The maximum Gasteiger partial charge on any atom is 0.195 e. The highest BCUT2D eigenvalue weighted by atomic mass is 32.1. The number of rotatable bonds is 1. The summed E-state index contributed by atoms with van der Waals surface area (Å²) in [5.41, 5.74) is 1.89. The lowest BCUT2D eigenvalue weighted by Crippen LogP contribution is -1.86. The summed E-state index contributed by atoms with van der Waals surface area (Å²) in [4.78, 5) is 4.16. The lowest BCUT2D eigenvalue weighted by molar-refractivity contribution is 0.412. The van der Waals surface area contributed by atoms with Crippen LogP contribution in [0.4, 0.5) is 0 Å². The second-order valence-corrected chi connectivity index (χ2v) is 3.95. The first kappa shape index (κ1) is 8.97. The van der Waals surface area contributed by atoms with Crippen LogP contribution < -0.4 is 4.74 Å². The van der Waals surface area contributed by atoms with E-state index in [2.05, 4.69) is 4.98 Å².